The lowest BCUT2D eigenvalue weighted by atomic mass is 10.3. The molecule has 2 unspecified atom stereocenters. The van der Waals surface area contributed by atoms with Crippen LogP contribution in [-0.4, -0.2) is 31.1 Å². The fourth-order valence-electron chi connectivity index (χ4n) is 2.13. The fraction of sp³-hybridized carbons (Fsp3) is 0.733. The van der Waals surface area contributed by atoms with Gasteiger partial charge in [-0.05, 0) is 45.4 Å². The van der Waals surface area contributed by atoms with Crippen molar-refractivity contribution in [2.24, 2.45) is 5.92 Å². The van der Waals surface area contributed by atoms with Gasteiger partial charge in [-0.1, -0.05) is 6.92 Å². The van der Waals surface area contributed by atoms with Crippen molar-refractivity contribution in [2.75, 3.05) is 20.1 Å². The second-order valence-corrected chi connectivity index (χ2v) is 5.87. The van der Waals surface area contributed by atoms with Gasteiger partial charge in [0.15, 0.2) is 0 Å². The molecule has 1 heterocycles. The number of nitrogens with zero attached hydrogens (tertiary/aromatic N) is 1. The van der Waals surface area contributed by atoms with Gasteiger partial charge < -0.3 is 14.6 Å². The summed E-state index contributed by atoms with van der Waals surface area (Å²) in [7, 11) is 2.16. The molecule has 0 aromatic carbocycles. The molecule has 3 heteroatoms. The van der Waals surface area contributed by atoms with E-state index in [0.717, 1.165) is 31.3 Å². The minimum absolute atomic E-state index is 0.610. The van der Waals surface area contributed by atoms with E-state index in [0.29, 0.717) is 12.0 Å². The Hall–Kier alpha value is -0.800. The van der Waals surface area contributed by atoms with Crippen LogP contribution in [0.5, 0.6) is 0 Å². The molecule has 1 aliphatic rings. The minimum atomic E-state index is 0.610. The number of hydrogen-bond acceptors (Lipinski definition) is 3. The normalized spacial score (nSPS) is 23.0. The molecule has 102 valence electrons. The Morgan fingerprint density at radius 2 is 2.17 bits per heavy atom. The van der Waals surface area contributed by atoms with Crippen LogP contribution in [0, 0.1) is 5.92 Å². The molecule has 0 radical (unpaired) electrons. The van der Waals surface area contributed by atoms with Crippen molar-refractivity contribution in [2.45, 2.75) is 45.7 Å². The standard InChI is InChI=1S/C15H26N2O/c1-11(2)17(4)8-7-16-10-13-5-6-15(18-13)14-9-12(14)3/h5-6,11-12,14,16H,7-10H2,1-4H3. The average molecular weight is 250 g/mol. The smallest absolute Gasteiger partial charge is 0.117 e. The van der Waals surface area contributed by atoms with Crippen molar-refractivity contribution >= 4 is 0 Å². The highest BCUT2D eigenvalue weighted by Crippen LogP contribution is 2.47. The van der Waals surface area contributed by atoms with Crippen LogP contribution in [0.25, 0.3) is 0 Å². The van der Waals surface area contributed by atoms with Gasteiger partial charge in [0.25, 0.3) is 0 Å². The Bertz CT molecular complexity index is 372. The van der Waals surface area contributed by atoms with E-state index in [1.807, 2.05) is 0 Å². The van der Waals surface area contributed by atoms with Crippen LogP contribution < -0.4 is 5.32 Å². The third-order valence-corrected chi connectivity index (χ3v) is 3.98. The predicted molar refractivity (Wildman–Crippen MR) is 74.7 cm³/mol. The van der Waals surface area contributed by atoms with Gasteiger partial charge in [-0.2, -0.15) is 0 Å². The lowest BCUT2D eigenvalue weighted by Gasteiger charge is -2.20. The Balaban J connectivity index is 1.66. The summed E-state index contributed by atoms with van der Waals surface area (Å²) in [6, 6.07) is 4.86. The van der Waals surface area contributed by atoms with Gasteiger partial charge in [0.1, 0.15) is 11.5 Å². The molecule has 1 fully saturated rings. The molecule has 1 saturated carbocycles. The highest BCUT2D eigenvalue weighted by Gasteiger charge is 2.36. The summed E-state index contributed by atoms with van der Waals surface area (Å²) in [5.41, 5.74) is 0. The van der Waals surface area contributed by atoms with Crippen LogP contribution in [-0.2, 0) is 6.54 Å². The maximum Gasteiger partial charge on any atom is 0.117 e. The summed E-state index contributed by atoms with van der Waals surface area (Å²) in [6.45, 7) is 9.64. The maximum atomic E-state index is 5.86. The molecule has 2 rings (SSSR count). The molecule has 0 amide bonds. The van der Waals surface area contributed by atoms with Gasteiger partial charge in [0.2, 0.25) is 0 Å². The number of hydrogen-bond donors (Lipinski definition) is 1. The van der Waals surface area contributed by atoms with Gasteiger partial charge in [-0.25, -0.2) is 0 Å². The van der Waals surface area contributed by atoms with E-state index in [1.54, 1.807) is 0 Å². The molecule has 1 aromatic heterocycles. The molecule has 1 N–H and O–H groups in total. The van der Waals surface area contributed by atoms with Gasteiger partial charge in [-0.15, -0.1) is 0 Å². The van der Waals surface area contributed by atoms with Crippen LogP contribution >= 0.6 is 0 Å². The second kappa shape index (κ2) is 5.89. The summed E-state index contributed by atoms with van der Waals surface area (Å²) in [4.78, 5) is 2.34. The van der Waals surface area contributed by atoms with Gasteiger partial charge in [-0.3, -0.25) is 0 Å². The minimum Gasteiger partial charge on any atom is -0.464 e. The summed E-state index contributed by atoms with van der Waals surface area (Å²) in [5.74, 6) is 3.75. The third-order valence-electron chi connectivity index (χ3n) is 3.98. The Morgan fingerprint density at radius 3 is 2.78 bits per heavy atom. The van der Waals surface area contributed by atoms with E-state index in [2.05, 4.69) is 50.2 Å². The van der Waals surface area contributed by atoms with E-state index < -0.39 is 0 Å². The zero-order chi connectivity index (χ0) is 13.1. The first-order valence-corrected chi connectivity index (χ1v) is 7.07. The van der Waals surface area contributed by atoms with Crippen molar-refractivity contribution < 1.29 is 4.42 Å². The Morgan fingerprint density at radius 1 is 1.44 bits per heavy atom. The predicted octanol–water partition coefficient (Wildman–Crippen LogP) is 2.83. The highest BCUT2D eigenvalue weighted by molar-refractivity contribution is 5.17. The van der Waals surface area contributed by atoms with Crippen molar-refractivity contribution in [3.8, 4) is 0 Å². The molecule has 0 spiro atoms. The highest BCUT2D eigenvalue weighted by atomic mass is 16.3. The molecule has 3 nitrogen and oxygen atoms in total. The van der Waals surface area contributed by atoms with Gasteiger partial charge in [0.05, 0.1) is 6.54 Å². The molecular formula is C15H26N2O. The fourth-order valence-corrected chi connectivity index (χ4v) is 2.13. The molecule has 0 aliphatic heterocycles. The lowest BCUT2D eigenvalue weighted by molar-refractivity contribution is 0.272. The first-order valence-electron chi connectivity index (χ1n) is 7.07. The van der Waals surface area contributed by atoms with Crippen LogP contribution in [0.1, 0.15) is 44.6 Å². The van der Waals surface area contributed by atoms with Gasteiger partial charge >= 0.3 is 0 Å². The molecule has 2 atom stereocenters. The number of nitrogens with one attached hydrogen (secondary N) is 1. The number of likely N-dealkylation sites (N-methyl/N-ethyl adjacent to an activating group) is 1. The van der Waals surface area contributed by atoms with Crippen molar-refractivity contribution in [3.05, 3.63) is 23.7 Å². The summed E-state index contributed by atoms with van der Waals surface area (Å²) in [5, 5.41) is 3.44. The molecule has 0 bridgehead atoms. The zero-order valence-corrected chi connectivity index (χ0v) is 12.1. The second-order valence-electron chi connectivity index (χ2n) is 5.87. The Labute approximate surface area is 111 Å². The van der Waals surface area contributed by atoms with Crippen molar-refractivity contribution in [1.82, 2.24) is 10.2 Å². The molecule has 1 aromatic rings. The SMILES string of the molecule is CC1CC1c1ccc(CNCCN(C)C(C)C)o1. The molecular weight excluding hydrogens is 224 g/mol. The summed E-state index contributed by atoms with van der Waals surface area (Å²) in [6.07, 6.45) is 1.29. The average Bonchev–Trinajstić information content (AvgIpc) is 2.89. The first kappa shape index (κ1) is 13.6. The van der Waals surface area contributed by atoms with E-state index in [-0.39, 0.29) is 0 Å². The molecule has 18 heavy (non-hydrogen) atoms. The van der Waals surface area contributed by atoms with Crippen LogP contribution in [0.15, 0.2) is 16.5 Å². The number of rotatable bonds is 7. The summed E-state index contributed by atoms with van der Waals surface area (Å²) < 4.78 is 5.86. The maximum absolute atomic E-state index is 5.86. The van der Waals surface area contributed by atoms with E-state index in [9.17, 15) is 0 Å². The van der Waals surface area contributed by atoms with Gasteiger partial charge in [0, 0.05) is 25.0 Å². The topological polar surface area (TPSA) is 28.4 Å². The molecule has 0 saturated heterocycles. The monoisotopic (exact) mass is 250 g/mol. The van der Waals surface area contributed by atoms with Crippen LogP contribution in [0.2, 0.25) is 0 Å². The first-order chi connectivity index (χ1) is 8.58. The number of furan rings is 1. The van der Waals surface area contributed by atoms with E-state index >= 15 is 0 Å². The Kier molecular flexibility index (Phi) is 4.46. The van der Waals surface area contributed by atoms with E-state index in [1.165, 1.54) is 12.2 Å². The molecule has 1 aliphatic carbocycles. The van der Waals surface area contributed by atoms with Crippen LogP contribution in [0.3, 0.4) is 0 Å². The van der Waals surface area contributed by atoms with Crippen molar-refractivity contribution in [3.63, 3.8) is 0 Å². The third kappa shape index (κ3) is 3.59. The zero-order valence-electron chi connectivity index (χ0n) is 12.1. The van der Waals surface area contributed by atoms with Crippen LogP contribution in [0.4, 0.5) is 0 Å². The largest absolute Gasteiger partial charge is 0.464 e. The quantitative estimate of drug-likeness (QED) is 0.754. The summed E-state index contributed by atoms with van der Waals surface area (Å²) >= 11 is 0. The van der Waals surface area contributed by atoms with E-state index in [4.69, 9.17) is 4.42 Å². The van der Waals surface area contributed by atoms with Crippen molar-refractivity contribution in [1.29, 1.82) is 0 Å². The lowest BCUT2D eigenvalue weighted by Crippen LogP contribution is -2.33.